The summed E-state index contributed by atoms with van der Waals surface area (Å²) in [5.41, 5.74) is 2.03. The van der Waals surface area contributed by atoms with Gasteiger partial charge in [-0.1, -0.05) is 24.3 Å². The molecule has 1 aromatic carbocycles. The third-order valence-corrected chi connectivity index (χ3v) is 4.74. The molecule has 1 fully saturated rings. The van der Waals surface area contributed by atoms with Crippen LogP contribution in [0.5, 0.6) is 5.75 Å². The SMILES string of the molecule is CCOc1ccccc1CN1CCC(C(O)c2ccccn2)CC1. The highest BCUT2D eigenvalue weighted by molar-refractivity contribution is 5.33. The van der Waals surface area contributed by atoms with Gasteiger partial charge in [-0.15, -0.1) is 0 Å². The molecule has 24 heavy (non-hydrogen) atoms. The van der Waals surface area contributed by atoms with E-state index in [1.54, 1.807) is 6.20 Å². The van der Waals surface area contributed by atoms with Gasteiger partial charge in [-0.05, 0) is 57.0 Å². The molecule has 1 saturated heterocycles. The minimum absolute atomic E-state index is 0.290. The van der Waals surface area contributed by atoms with E-state index in [0.29, 0.717) is 12.5 Å². The van der Waals surface area contributed by atoms with Crippen LogP contribution in [0.3, 0.4) is 0 Å². The number of hydrogen-bond acceptors (Lipinski definition) is 4. The molecule has 4 nitrogen and oxygen atoms in total. The maximum atomic E-state index is 10.5. The Kier molecular flexibility index (Phi) is 5.83. The molecule has 1 aliphatic rings. The predicted molar refractivity (Wildman–Crippen MR) is 94.8 cm³/mol. The molecule has 1 unspecified atom stereocenters. The van der Waals surface area contributed by atoms with Crippen molar-refractivity contribution in [3.63, 3.8) is 0 Å². The molecular weight excluding hydrogens is 300 g/mol. The number of aliphatic hydroxyl groups excluding tert-OH is 1. The highest BCUT2D eigenvalue weighted by Gasteiger charge is 2.27. The molecule has 4 heteroatoms. The molecule has 0 amide bonds. The number of hydrogen-bond donors (Lipinski definition) is 1. The summed E-state index contributed by atoms with van der Waals surface area (Å²) in [5, 5.41) is 10.5. The molecular formula is C20H26N2O2. The molecule has 1 aliphatic heterocycles. The minimum atomic E-state index is -0.455. The number of rotatable bonds is 6. The van der Waals surface area contributed by atoms with Crippen molar-refractivity contribution in [1.29, 1.82) is 0 Å². The van der Waals surface area contributed by atoms with Gasteiger partial charge in [-0.2, -0.15) is 0 Å². The quantitative estimate of drug-likeness (QED) is 0.883. The fraction of sp³-hybridized carbons (Fsp3) is 0.450. The zero-order valence-electron chi connectivity index (χ0n) is 14.3. The van der Waals surface area contributed by atoms with Gasteiger partial charge < -0.3 is 9.84 Å². The van der Waals surface area contributed by atoms with Gasteiger partial charge in [-0.3, -0.25) is 9.88 Å². The van der Waals surface area contributed by atoms with Crippen molar-refractivity contribution in [3.8, 4) is 5.75 Å². The number of nitrogens with zero attached hydrogens (tertiary/aromatic N) is 2. The summed E-state index contributed by atoms with van der Waals surface area (Å²) < 4.78 is 5.72. The van der Waals surface area contributed by atoms with Gasteiger partial charge in [0.2, 0.25) is 0 Å². The first-order valence-electron chi connectivity index (χ1n) is 8.80. The lowest BCUT2D eigenvalue weighted by Gasteiger charge is -2.34. The average molecular weight is 326 g/mol. The van der Waals surface area contributed by atoms with E-state index in [-0.39, 0.29) is 0 Å². The van der Waals surface area contributed by atoms with Crippen molar-refractivity contribution in [2.45, 2.75) is 32.4 Å². The Bertz CT molecular complexity index is 625. The Morgan fingerprint density at radius 2 is 1.92 bits per heavy atom. The van der Waals surface area contributed by atoms with Gasteiger partial charge >= 0.3 is 0 Å². The van der Waals surface area contributed by atoms with Gasteiger partial charge in [0.1, 0.15) is 5.75 Å². The third-order valence-electron chi connectivity index (χ3n) is 4.74. The Labute approximate surface area is 144 Å². The van der Waals surface area contributed by atoms with E-state index in [1.165, 1.54) is 5.56 Å². The Morgan fingerprint density at radius 1 is 1.17 bits per heavy atom. The van der Waals surface area contributed by atoms with E-state index in [9.17, 15) is 5.11 Å². The number of ether oxygens (including phenoxy) is 1. The van der Waals surface area contributed by atoms with Gasteiger partial charge in [0, 0.05) is 18.3 Å². The molecule has 0 bridgehead atoms. The van der Waals surface area contributed by atoms with Crippen molar-refractivity contribution in [1.82, 2.24) is 9.88 Å². The van der Waals surface area contributed by atoms with Gasteiger partial charge in [0.25, 0.3) is 0 Å². The van der Waals surface area contributed by atoms with Gasteiger partial charge in [0.15, 0.2) is 0 Å². The van der Waals surface area contributed by atoms with Crippen LogP contribution in [0.4, 0.5) is 0 Å². The second kappa shape index (κ2) is 8.27. The summed E-state index contributed by atoms with van der Waals surface area (Å²) in [5.74, 6) is 1.27. The largest absolute Gasteiger partial charge is 0.494 e. The van der Waals surface area contributed by atoms with Crippen LogP contribution in [-0.2, 0) is 6.54 Å². The number of para-hydroxylation sites is 1. The van der Waals surface area contributed by atoms with Crippen LogP contribution in [0.15, 0.2) is 48.7 Å². The zero-order chi connectivity index (χ0) is 16.8. The topological polar surface area (TPSA) is 45.6 Å². The molecule has 128 valence electrons. The van der Waals surface area contributed by atoms with Crippen molar-refractivity contribution in [2.75, 3.05) is 19.7 Å². The zero-order valence-corrected chi connectivity index (χ0v) is 14.3. The lowest BCUT2D eigenvalue weighted by Crippen LogP contribution is -2.35. The maximum Gasteiger partial charge on any atom is 0.123 e. The first-order chi connectivity index (χ1) is 11.8. The van der Waals surface area contributed by atoms with E-state index >= 15 is 0 Å². The lowest BCUT2D eigenvalue weighted by molar-refractivity contribution is 0.0537. The molecule has 0 radical (unpaired) electrons. The van der Waals surface area contributed by atoms with Crippen LogP contribution in [0, 0.1) is 5.92 Å². The third kappa shape index (κ3) is 4.13. The fourth-order valence-corrected chi connectivity index (χ4v) is 3.39. The summed E-state index contributed by atoms with van der Waals surface area (Å²) in [6.07, 6.45) is 3.28. The number of pyridine rings is 1. The van der Waals surface area contributed by atoms with Gasteiger partial charge in [-0.25, -0.2) is 0 Å². The number of likely N-dealkylation sites (tertiary alicyclic amines) is 1. The summed E-state index contributed by atoms with van der Waals surface area (Å²) in [7, 11) is 0. The fourth-order valence-electron chi connectivity index (χ4n) is 3.39. The van der Waals surface area contributed by atoms with Crippen LogP contribution >= 0.6 is 0 Å². The second-order valence-electron chi connectivity index (χ2n) is 6.35. The van der Waals surface area contributed by atoms with E-state index < -0.39 is 6.10 Å². The first kappa shape index (κ1) is 16.9. The minimum Gasteiger partial charge on any atom is -0.494 e. The summed E-state index contributed by atoms with van der Waals surface area (Å²) in [6, 6.07) is 14.0. The molecule has 0 saturated carbocycles. The number of aliphatic hydroxyl groups is 1. The highest BCUT2D eigenvalue weighted by Crippen LogP contribution is 2.31. The predicted octanol–water partition coefficient (Wildman–Crippen LogP) is 3.43. The monoisotopic (exact) mass is 326 g/mol. The summed E-state index contributed by atoms with van der Waals surface area (Å²) >= 11 is 0. The molecule has 2 heterocycles. The van der Waals surface area contributed by atoms with Crippen LogP contribution < -0.4 is 4.74 Å². The lowest BCUT2D eigenvalue weighted by atomic mass is 9.89. The van der Waals surface area contributed by atoms with Crippen LogP contribution in [0.2, 0.25) is 0 Å². The molecule has 1 aromatic heterocycles. The molecule has 1 N–H and O–H groups in total. The van der Waals surface area contributed by atoms with Crippen molar-refractivity contribution >= 4 is 0 Å². The number of aromatic nitrogens is 1. The second-order valence-corrected chi connectivity index (χ2v) is 6.35. The molecule has 0 aliphatic carbocycles. The van der Waals surface area contributed by atoms with Crippen LogP contribution in [0.1, 0.15) is 37.1 Å². The molecule has 3 rings (SSSR count). The van der Waals surface area contributed by atoms with Crippen molar-refractivity contribution < 1.29 is 9.84 Å². The Morgan fingerprint density at radius 3 is 2.62 bits per heavy atom. The van der Waals surface area contributed by atoms with Gasteiger partial charge in [0.05, 0.1) is 18.4 Å². The van der Waals surface area contributed by atoms with Crippen LogP contribution in [0.25, 0.3) is 0 Å². The highest BCUT2D eigenvalue weighted by atomic mass is 16.5. The van der Waals surface area contributed by atoms with E-state index in [4.69, 9.17) is 4.74 Å². The normalized spacial score (nSPS) is 17.6. The van der Waals surface area contributed by atoms with E-state index in [2.05, 4.69) is 22.0 Å². The smallest absolute Gasteiger partial charge is 0.123 e. The molecule has 2 aromatic rings. The van der Waals surface area contributed by atoms with E-state index in [0.717, 1.165) is 43.9 Å². The Hall–Kier alpha value is -1.91. The summed E-state index contributed by atoms with van der Waals surface area (Å²) in [4.78, 5) is 6.74. The maximum absolute atomic E-state index is 10.5. The standard InChI is InChI=1S/C20H26N2O2/c1-2-24-19-9-4-3-7-17(19)15-22-13-10-16(11-14-22)20(23)18-8-5-6-12-21-18/h3-9,12,16,20,23H,2,10-11,13-15H2,1H3. The molecule has 1 atom stereocenters. The first-order valence-corrected chi connectivity index (χ1v) is 8.80. The molecule has 0 spiro atoms. The average Bonchev–Trinajstić information content (AvgIpc) is 2.64. The number of benzene rings is 1. The summed E-state index contributed by atoms with van der Waals surface area (Å²) in [6.45, 7) is 5.60. The number of piperidine rings is 1. The van der Waals surface area contributed by atoms with E-state index in [1.807, 2.05) is 37.3 Å². The van der Waals surface area contributed by atoms with Crippen LogP contribution in [-0.4, -0.2) is 34.7 Å². The Balaban J connectivity index is 1.56. The van der Waals surface area contributed by atoms with Crippen molar-refractivity contribution in [2.24, 2.45) is 5.92 Å². The van der Waals surface area contributed by atoms with Crippen molar-refractivity contribution in [3.05, 3.63) is 59.9 Å².